The van der Waals surface area contributed by atoms with Crippen LogP contribution in [0.5, 0.6) is 0 Å². The molecular formula is C46H62. The predicted octanol–water partition coefficient (Wildman–Crippen LogP) is 15.2. The van der Waals surface area contributed by atoms with Crippen LogP contribution in [0.1, 0.15) is 153 Å². The average Bonchev–Trinajstić information content (AvgIpc) is 3.07. The van der Waals surface area contributed by atoms with Crippen LogP contribution in [0, 0.1) is 0 Å². The van der Waals surface area contributed by atoms with Gasteiger partial charge < -0.3 is 0 Å². The van der Waals surface area contributed by atoms with Gasteiger partial charge in [-0.2, -0.15) is 0 Å². The summed E-state index contributed by atoms with van der Waals surface area (Å²) in [5, 5.41) is 11.0. The standard InChI is InChI=1S/C46H62/c1-3-5-7-9-11-13-15-17-19-21-25-37-29-30-40-33-43-34-41-31-38-26-23-24-27-39(38)32-42(41)35-44(43)36-46(40)45(37)28-22-20-18-16-14-12-10-8-6-4-2/h23-24,26-27,29-36H,3-22,25,28H2,1-2H3. The molecule has 0 aliphatic carbocycles. The van der Waals surface area contributed by atoms with E-state index in [0.29, 0.717) is 0 Å². The molecule has 0 fully saturated rings. The molecule has 0 saturated carbocycles. The Morgan fingerprint density at radius 3 is 1.22 bits per heavy atom. The van der Waals surface area contributed by atoms with Crippen molar-refractivity contribution in [2.45, 2.75) is 155 Å². The molecule has 0 unspecified atom stereocenters. The molecule has 0 amide bonds. The Kier molecular flexibility index (Phi) is 14.3. The predicted molar refractivity (Wildman–Crippen MR) is 208 cm³/mol. The number of fused-ring (bicyclic) bond motifs is 4. The van der Waals surface area contributed by atoms with Gasteiger partial charge in [-0.3, -0.25) is 0 Å². The summed E-state index contributed by atoms with van der Waals surface area (Å²) in [6.07, 6.45) is 30.5. The molecule has 5 aromatic rings. The molecule has 0 aromatic heterocycles. The van der Waals surface area contributed by atoms with Gasteiger partial charge in [0.2, 0.25) is 0 Å². The summed E-state index contributed by atoms with van der Waals surface area (Å²) in [6, 6.07) is 28.3. The fourth-order valence-electron chi connectivity index (χ4n) is 7.75. The van der Waals surface area contributed by atoms with Gasteiger partial charge in [-0.15, -0.1) is 0 Å². The highest BCUT2D eigenvalue weighted by atomic mass is 14.2. The third-order valence-corrected chi connectivity index (χ3v) is 10.6. The van der Waals surface area contributed by atoms with Crippen LogP contribution >= 0.6 is 0 Å². The Balaban J connectivity index is 1.27. The van der Waals surface area contributed by atoms with Gasteiger partial charge >= 0.3 is 0 Å². The molecule has 0 aliphatic rings. The molecule has 0 heterocycles. The van der Waals surface area contributed by atoms with Gasteiger partial charge in [0.1, 0.15) is 0 Å². The Morgan fingerprint density at radius 2 is 0.717 bits per heavy atom. The first-order valence-electron chi connectivity index (χ1n) is 19.6. The number of hydrogen-bond donors (Lipinski definition) is 0. The van der Waals surface area contributed by atoms with E-state index in [1.54, 1.807) is 11.1 Å². The molecular weight excluding hydrogens is 553 g/mol. The van der Waals surface area contributed by atoms with Crippen molar-refractivity contribution < 1.29 is 0 Å². The van der Waals surface area contributed by atoms with E-state index in [9.17, 15) is 0 Å². The highest BCUT2D eigenvalue weighted by molar-refractivity contribution is 6.08. The van der Waals surface area contributed by atoms with Gasteiger partial charge in [0.25, 0.3) is 0 Å². The lowest BCUT2D eigenvalue weighted by atomic mass is 9.89. The zero-order valence-corrected chi connectivity index (χ0v) is 29.5. The van der Waals surface area contributed by atoms with E-state index in [1.807, 2.05) is 0 Å². The Labute approximate surface area is 281 Å². The highest BCUT2D eigenvalue weighted by Gasteiger charge is 2.11. The van der Waals surface area contributed by atoms with Crippen molar-refractivity contribution in [2.75, 3.05) is 0 Å². The Bertz CT molecular complexity index is 1620. The molecule has 0 spiro atoms. The minimum Gasteiger partial charge on any atom is -0.0654 e. The fourth-order valence-corrected chi connectivity index (χ4v) is 7.75. The van der Waals surface area contributed by atoms with Crippen LogP contribution in [0.2, 0.25) is 0 Å². The Morgan fingerprint density at radius 1 is 0.326 bits per heavy atom. The van der Waals surface area contributed by atoms with Gasteiger partial charge in [0.15, 0.2) is 0 Å². The number of unbranched alkanes of at least 4 members (excludes halogenated alkanes) is 18. The second kappa shape index (κ2) is 19.1. The first kappa shape index (κ1) is 34.5. The number of hydrogen-bond acceptors (Lipinski definition) is 0. The third-order valence-electron chi connectivity index (χ3n) is 10.6. The molecule has 5 aromatic carbocycles. The maximum atomic E-state index is 2.53. The summed E-state index contributed by atoms with van der Waals surface area (Å²) in [7, 11) is 0. The van der Waals surface area contributed by atoms with Crippen molar-refractivity contribution in [3.8, 4) is 0 Å². The second-order valence-corrected chi connectivity index (χ2v) is 14.4. The molecule has 0 aliphatic heterocycles. The number of rotatable bonds is 22. The molecule has 0 atom stereocenters. The van der Waals surface area contributed by atoms with Crippen molar-refractivity contribution in [2.24, 2.45) is 0 Å². The van der Waals surface area contributed by atoms with Crippen molar-refractivity contribution in [3.63, 3.8) is 0 Å². The summed E-state index contributed by atoms with van der Waals surface area (Å²) in [6.45, 7) is 4.62. The van der Waals surface area contributed by atoms with Gasteiger partial charge in [0, 0.05) is 0 Å². The molecule has 0 saturated heterocycles. The summed E-state index contributed by atoms with van der Waals surface area (Å²) >= 11 is 0. The van der Waals surface area contributed by atoms with Crippen molar-refractivity contribution >= 4 is 43.1 Å². The molecule has 0 bridgehead atoms. The highest BCUT2D eigenvalue weighted by Crippen LogP contribution is 2.33. The topological polar surface area (TPSA) is 0 Å². The minimum atomic E-state index is 1.23. The van der Waals surface area contributed by atoms with Crippen molar-refractivity contribution in [1.29, 1.82) is 0 Å². The lowest BCUT2D eigenvalue weighted by Crippen LogP contribution is -1.98. The maximum absolute atomic E-state index is 2.53. The van der Waals surface area contributed by atoms with E-state index in [4.69, 9.17) is 0 Å². The first-order chi connectivity index (χ1) is 22.8. The van der Waals surface area contributed by atoms with Gasteiger partial charge in [0.05, 0.1) is 0 Å². The molecule has 0 nitrogen and oxygen atoms in total. The second-order valence-electron chi connectivity index (χ2n) is 14.4. The van der Waals surface area contributed by atoms with Gasteiger partial charge in [-0.05, 0) is 116 Å². The average molecular weight is 615 g/mol. The van der Waals surface area contributed by atoms with Gasteiger partial charge in [-0.1, -0.05) is 166 Å². The smallest absolute Gasteiger partial charge is 0.0143 e. The summed E-state index contributed by atoms with van der Waals surface area (Å²) in [5.41, 5.74) is 3.27. The molecule has 0 heteroatoms. The normalized spacial score (nSPS) is 11.9. The van der Waals surface area contributed by atoms with Crippen LogP contribution in [0.4, 0.5) is 0 Å². The third kappa shape index (κ3) is 10.1. The number of benzene rings is 5. The van der Waals surface area contributed by atoms with Crippen LogP contribution in [0.15, 0.2) is 72.8 Å². The Hall–Kier alpha value is -2.86. The molecule has 0 N–H and O–H groups in total. The van der Waals surface area contributed by atoms with E-state index in [0.717, 1.165) is 0 Å². The van der Waals surface area contributed by atoms with Crippen molar-refractivity contribution in [3.05, 3.63) is 83.9 Å². The van der Waals surface area contributed by atoms with E-state index in [2.05, 4.69) is 86.6 Å². The van der Waals surface area contributed by atoms with Crippen LogP contribution in [-0.2, 0) is 12.8 Å². The van der Waals surface area contributed by atoms with Crippen LogP contribution < -0.4 is 0 Å². The zero-order valence-electron chi connectivity index (χ0n) is 29.5. The molecule has 5 rings (SSSR count). The van der Waals surface area contributed by atoms with Crippen LogP contribution in [0.3, 0.4) is 0 Å². The van der Waals surface area contributed by atoms with E-state index >= 15 is 0 Å². The monoisotopic (exact) mass is 614 g/mol. The van der Waals surface area contributed by atoms with Crippen LogP contribution in [0.25, 0.3) is 43.1 Å². The van der Waals surface area contributed by atoms with Crippen LogP contribution in [-0.4, -0.2) is 0 Å². The summed E-state index contributed by atoms with van der Waals surface area (Å²) < 4.78 is 0. The van der Waals surface area contributed by atoms with E-state index in [1.165, 1.54) is 184 Å². The maximum Gasteiger partial charge on any atom is -0.0143 e. The fraction of sp³-hybridized carbons (Fsp3) is 0.522. The summed E-state index contributed by atoms with van der Waals surface area (Å²) in [4.78, 5) is 0. The van der Waals surface area contributed by atoms with Crippen molar-refractivity contribution in [1.82, 2.24) is 0 Å². The number of aryl methyl sites for hydroxylation is 2. The van der Waals surface area contributed by atoms with E-state index < -0.39 is 0 Å². The largest absolute Gasteiger partial charge is 0.0654 e. The first-order valence-corrected chi connectivity index (χ1v) is 19.6. The SMILES string of the molecule is CCCCCCCCCCCCc1ccc2cc3cc4cc5ccccc5cc4cc3cc2c1CCCCCCCCCCCC. The zero-order chi connectivity index (χ0) is 31.8. The minimum absolute atomic E-state index is 1.23. The van der Waals surface area contributed by atoms with E-state index in [-0.39, 0.29) is 0 Å². The lowest BCUT2D eigenvalue weighted by molar-refractivity contribution is 0.553. The quantitative estimate of drug-likeness (QED) is 0.0537. The molecule has 46 heavy (non-hydrogen) atoms. The molecule has 246 valence electrons. The van der Waals surface area contributed by atoms with Gasteiger partial charge in [-0.25, -0.2) is 0 Å². The molecule has 0 radical (unpaired) electrons. The lowest BCUT2D eigenvalue weighted by Gasteiger charge is -2.15. The summed E-state index contributed by atoms with van der Waals surface area (Å²) in [5.74, 6) is 0.